The third kappa shape index (κ3) is 2.45. The fourth-order valence-corrected chi connectivity index (χ4v) is 1.86. The minimum atomic E-state index is 0.609. The zero-order valence-corrected chi connectivity index (χ0v) is 10.4. The Bertz CT molecular complexity index is 535. The van der Waals surface area contributed by atoms with Gasteiger partial charge in [0.1, 0.15) is 5.65 Å². The summed E-state index contributed by atoms with van der Waals surface area (Å²) in [6.45, 7) is 0.689. The van der Waals surface area contributed by atoms with Gasteiger partial charge in [-0.3, -0.25) is 4.99 Å². The molecule has 18 heavy (non-hydrogen) atoms. The number of fused-ring (bicyclic) bond motifs is 1. The normalized spacial score (nSPS) is 15.9. The van der Waals surface area contributed by atoms with Crippen LogP contribution in [0.25, 0.3) is 5.65 Å². The molecule has 0 aromatic carbocycles. The Balaban J connectivity index is 1.64. The minimum absolute atomic E-state index is 0.609. The van der Waals surface area contributed by atoms with Crippen LogP contribution in [0.3, 0.4) is 0 Å². The second kappa shape index (κ2) is 4.68. The summed E-state index contributed by atoms with van der Waals surface area (Å²) in [5.41, 5.74) is 1.99. The van der Waals surface area contributed by atoms with Gasteiger partial charge in [0.2, 0.25) is 0 Å². The number of hydrogen-bond acceptors (Lipinski definition) is 2. The van der Waals surface area contributed by atoms with Crippen molar-refractivity contribution >= 4 is 11.6 Å². The molecule has 0 aliphatic heterocycles. The lowest BCUT2D eigenvalue weighted by Crippen LogP contribution is -2.38. The van der Waals surface area contributed by atoms with E-state index < -0.39 is 0 Å². The highest BCUT2D eigenvalue weighted by atomic mass is 15.2. The van der Waals surface area contributed by atoms with Gasteiger partial charge in [-0.2, -0.15) is 0 Å². The average Bonchev–Trinajstić information content (AvgIpc) is 3.11. The molecule has 3 rings (SSSR count). The van der Waals surface area contributed by atoms with Crippen LogP contribution < -0.4 is 10.6 Å². The van der Waals surface area contributed by atoms with Crippen molar-refractivity contribution in [2.45, 2.75) is 25.4 Å². The summed E-state index contributed by atoms with van der Waals surface area (Å²) in [6, 6.07) is 6.60. The molecule has 5 nitrogen and oxygen atoms in total. The van der Waals surface area contributed by atoms with E-state index >= 15 is 0 Å². The van der Waals surface area contributed by atoms with Crippen molar-refractivity contribution in [1.29, 1.82) is 0 Å². The number of imidazole rings is 1. The van der Waals surface area contributed by atoms with Crippen molar-refractivity contribution in [2.75, 3.05) is 7.05 Å². The molecule has 0 radical (unpaired) electrons. The van der Waals surface area contributed by atoms with Crippen molar-refractivity contribution in [3.63, 3.8) is 0 Å². The summed E-state index contributed by atoms with van der Waals surface area (Å²) in [5, 5.41) is 6.63. The Morgan fingerprint density at radius 2 is 2.39 bits per heavy atom. The molecule has 2 aromatic rings. The maximum Gasteiger partial charge on any atom is 0.191 e. The first-order chi connectivity index (χ1) is 8.85. The first kappa shape index (κ1) is 11.1. The van der Waals surface area contributed by atoms with Crippen LogP contribution in [-0.4, -0.2) is 28.4 Å². The number of rotatable bonds is 3. The zero-order chi connectivity index (χ0) is 12.4. The molecule has 0 amide bonds. The van der Waals surface area contributed by atoms with Gasteiger partial charge in [-0.1, -0.05) is 6.07 Å². The molecular weight excluding hydrogens is 226 g/mol. The highest BCUT2D eigenvalue weighted by Crippen LogP contribution is 2.18. The van der Waals surface area contributed by atoms with E-state index in [-0.39, 0.29) is 0 Å². The van der Waals surface area contributed by atoms with Gasteiger partial charge in [0.15, 0.2) is 5.96 Å². The fraction of sp³-hybridized carbons (Fsp3) is 0.385. The zero-order valence-electron chi connectivity index (χ0n) is 10.4. The second-order valence-electron chi connectivity index (χ2n) is 4.54. The molecule has 0 bridgehead atoms. The number of nitrogens with zero attached hydrogens (tertiary/aromatic N) is 3. The first-order valence-corrected chi connectivity index (χ1v) is 6.25. The maximum atomic E-state index is 4.53. The SMILES string of the molecule is CN=C(NCc1cn2ccccc2n1)NC1CC1. The molecule has 5 heteroatoms. The fourth-order valence-electron chi connectivity index (χ4n) is 1.86. The van der Waals surface area contributed by atoms with Crippen LogP contribution in [0.5, 0.6) is 0 Å². The van der Waals surface area contributed by atoms with E-state index in [0.29, 0.717) is 12.6 Å². The van der Waals surface area contributed by atoms with E-state index in [1.54, 1.807) is 7.05 Å². The monoisotopic (exact) mass is 243 g/mol. The summed E-state index contributed by atoms with van der Waals surface area (Å²) in [4.78, 5) is 8.73. The van der Waals surface area contributed by atoms with E-state index in [1.807, 2.05) is 35.0 Å². The average molecular weight is 243 g/mol. The van der Waals surface area contributed by atoms with Crippen LogP contribution >= 0.6 is 0 Å². The van der Waals surface area contributed by atoms with E-state index in [9.17, 15) is 0 Å². The van der Waals surface area contributed by atoms with Gasteiger partial charge in [-0.15, -0.1) is 0 Å². The summed E-state index contributed by atoms with van der Waals surface area (Å²) >= 11 is 0. The van der Waals surface area contributed by atoms with Gasteiger partial charge in [-0.05, 0) is 25.0 Å². The third-order valence-corrected chi connectivity index (χ3v) is 2.99. The summed E-state index contributed by atoms with van der Waals surface area (Å²) < 4.78 is 2.02. The van der Waals surface area contributed by atoms with E-state index in [1.165, 1.54) is 12.8 Å². The molecule has 0 atom stereocenters. The number of aliphatic imine (C=N–C) groups is 1. The molecule has 1 aliphatic carbocycles. The van der Waals surface area contributed by atoms with Crippen molar-refractivity contribution in [2.24, 2.45) is 4.99 Å². The molecular formula is C13H17N5. The largest absolute Gasteiger partial charge is 0.354 e. The van der Waals surface area contributed by atoms with Gasteiger partial charge in [-0.25, -0.2) is 4.98 Å². The molecule has 0 unspecified atom stereocenters. The van der Waals surface area contributed by atoms with Gasteiger partial charge in [0.05, 0.1) is 12.2 Å². The minimum Gasteiger partial charge on any atom is -0.354 e. The van der Waals surface area contributed by atoms with E-state index in [0.717, 1.165) is 17.3 Å². The van der Waals surface area contributed by atoms with Crippen molar-refractivity contribution < 1.29 is 0 Å². The van der Waals surface area contributed by atoms with E-state index in [4.69, 9.17) is 0 Å². The second-order valence-corrected chi connectivity index (χ2v) is 4.54. The number of nitrogens with one attached hydrogen (secondary N) is 2. The van der Waals surface area contributed by atoms with Crippen LogP contribution in [0.1, 0.15) is 18.5 Å². The molecule has 1 aliphatic rings. The lowest BCUT2D eigenvalue weighted by molar-refractivity contribution is 0.795. The van der Waals surface area contributed by atoms with E-state index in [2.05, 4.69) is 20.6 Å². The summed E-state index contributed by atoms with van der Waals surface area (Å²) in [6.07, 6.45) is 6.53. The summed E-state index contributed by atoms with van der Waals surface area (Å²) in [7, 11) is 1.79. The van der Waals surface area contributed by atoms with Crippen LogP contribution in [-0.2, 0) is 6.54 Å². The third-order valence-electron chi connectivity index (χ3n) is 2.99. The predicted molar refractivity (Wildman–Crippen MR) is 71.5 cm³/mol. The number of hydrogen-bond donors (Lipinski definition) is 2. The first-order valence-electron chi connectivity index (χ1n) is 6.25. The van der Waals surface area contributed by atoms with Crippen LogP contribution in [0.2, 0.25) is 0 Å². The summed E-state index contributed by atoms with van der Waals surface area (Å²) in [5.74, 6) is 0.856. The molecule has 2 heterocycles. The highest BCUT2D eigenvalue weighted by molar-refractivity contribution is 5.80. The van der Waals surface area contributed by atoms with Gasteiger partial charge in [0, 0.05) is 25.5 Å². The molecule has 94 valence electrons. The molecule has 0 saturated heterocycles. The quantitative estimate of drug-likeness (QED) is 0.628. The Labute approximate surface area is 106 Å². The molecule has 0 spiro atoms. The molecule has 1 fully saturated rings. The number of aromatic nitrogens is 2. The van der Waals surface area contributed by atoms with Crippen molar-refractivity contribution in [3.8, 4) is 0 Å². The lowest BCUT2D eigenvalue weighted by Gasteiger charge is -2.09. The molecule has 2 aromatic heterocycles. The van der Waals surface area contributed by atoms with Crippen LogP contribution in [0, 0.1) is 0 Å². The Morgan fingerprint density at radius 1 is 1.50 bits per heavy atom. The maximum absolute atomic E-state index is 4.53. The smallest absolute Gasteiger partial charge is 0.191 e. The van der Waals surface area contributed by atoms with Gasteiger partial charge >= 0.3 is 0 Å². The van der Waals surface area contributed by atoms with Crippen molar-refractivity contribution in [3.05, 3.63) is 36.3 Å². The molecule has 1 saturated carbocycles. The van der Waals surface area contributed by atoms with Crippen LogP contribution in [0.4, 0.5) is 0 Å². The number of pyridine rings is 1. The van der Waals surface area contributed by atoms with Gasteiger partial charge < -0.3 is 15.0 Å². The topological polar surface area (TPSA) is 53.7 Å². The Kier molecular flexibility index (Phi) is 2.88. The standard InChI is InChI=1S/C13H17N5/c1-14-13(17-10-5-6-10)15-8-11-9-18-7-3-2-4-12(18)16-11/h2-4,7,9-10H,5-6,8H2,1H3,(H2,14,15,17). The number of guanidine groups is 1. The highest BCUT2D eigenvalue weighted by Gasteiger charge is 2.22. The Hall–Kier alpha value is -2.04. The van der Waals surface area contributed by atoms with Crippen LogP contribution in [0.15, 0.2) is 35.6 Å². The lowest BCUT2D eigenvalue weighted by atomic mass is 10.5. The van der Waals surface area contributed by atoms with Gasteiger partial charge in [0.25, 0.3) is 0 Å². The molecule has 2 N–H and O–H groups in total. The predicted octanol–water partition coefficient (Wildman–Crippen LogP) is 1.16. The van der Waals surface area contributed by atoms with Crippen molar-refractivity contribution in [1.82, 2.24) is 20.0 Å². The Morgan fingerprint density at radius 3 is 3.11 bits per heavy atom.